The second-order valence-corrected chi connectivity index (χ2v) is 3.84. The lowest BCUT2D eigenvalue weighted by Gasteiger charge is -2.09. The Labute approximate surface area is 111 Å². The van der Waals surface area contributed by atoms with Gasteiger partial charge in [0.15, 0.2) is 0 Å². The molecule has 0 bridgehead atoms. The number of halogens is 4. The Kier molecular flexibility index (Phi) is 3.57. The standard InChI is InChI=1S/C11H7ClF3N3O/c1-19-7-3-2-4-16-9(7)6-5-8(12)18-10(17-6)11(13,14)15/h2-5H,1H3. The Morgan fingerprint density at radius 1 is 1.26 bits per heavy atom. The summed E-state index contributed by atoms with van der Waals surface area (Å²) in [7, 11) is 1.38. The lowest BCUT2D eigenvalue weighted by atomic mass is 10.2. The summed E-state index contributed by atoms with van der Waals surface area (Å²) >= 11 is 5.58. The monoisotopic (exact) mass is 289 g/mol. The van der Waals surface area contributed by atoms with Crippen LogP contribution in [0.1, 0.15) is 5.82 Å². The molecular weight excluding hydrogens is 283 g/mol. The Hall–Kier alpha value is -1.89. The summed E-state index contributed by atoms with van der Waals surface area (Å²) in [6.07, 6.45) is -3.26. The number of methoxy groups -OCH3 is 1. The van der Waals surface area contributed by atoms with Crippen molar-refractivity contribution in [1.29, 1.82) is 0 Å². The molecule has 0 aliphatic heterocycles. The minimum atomic E-state index is -4.68. The van der Waals surface area contributed by atoms with E-state index in [1.807, 2.05) is 0 Å². The molecule has 4 nitrogen and oxygen atoms in total. The largest absolute Gasteiger partial charge is 0.494 e. The van der Waals surface area contributed by atoms with Crippen LogP contribution in [0.15, 0.2) is 24.4 Å². The molecule has 0 fully saturated rings. The maximum Gasteiger partial charge on any atom is 0.451 e. The van der Waals surface area contributed by atoms with Crippen LogP contribution >= 0.6 is 11.6 Å². The average Bonchev–Trinajstić information content (AvgIpc) is 2.37. The van der Waals surface area contributed by atoms with E-state index < -0.39 is 12.0 Å². The van der Waals surface area contributed by atoms with Gasteiger partial charge in [0.05, 0.1) is 12.8 Å². The number of pyridine rings is 1. The Morgan fingerprint density at radius 3 is 2.63 bits per heavy atom. The molecule has 0 spiro atoms. The van der Waals surface area contributed by atoms with Crippen molar-refractivity contribution in [3.63, 3.8) is 0 Å². The van der Waals surface area contributed by atoms with Crippen molar-refractivity contribution in [3.05, 3.63) is 35.4 Å². The minimum Gasteiger partial charge on any atom is -0.494 e. The van der Waals surface area contributed by atoms with Crippen LogP contribution in [-0.2, 0) is 6.18 Å². The zero-order valence-corrected chi connectivity index (χ0v) is 10.3. The van der Waals surface area contributed by atoms with Gasteiger partial charge in [-0.1, -0.05) is 11.6 Å². The highest BCUT2D eigenvalue weighted by atomic mass is 35.5. The molecule has 2 heterocycles. The van der Waals surface area contributed by atoms with E-state index in [0.29, 0.717) is 5.75 Å². The fraction of sp³-hybridized carbons (Fsp3) is 0.182. The molecule has 100 valence electrons. The maximum absolute atomic E-state index is 12.6. The lowest BCUT2D eigenvalue weighted by molar-refractivity contribution is -0.144. The third kappa shape index (κ3) is 2.93. The molecular formula is C11H7ClF3N3O. The first kappa shape index (κ1) is 13.5. The van der Waals surface area contributed by atoms with Crippen molar-refractivity contribution in [2.24, 2.45) is 0 Å². The van der Waals surface area contributed by atoms with Crippen molar-refractivity contribution in [2.75, 3.05) is 7.11 Å². The highest BCUT2D eigenvalue weighted by Gasteiger charge is 2.35. The van der Waals surface area contributed by atoms with Gasteiger partial charge in [0, 0.05) is 12.3 Å². The first-order chi connectivity index (χ1) is 8.91. The first-order valence-corrected chi connectivity index (χ1v) is 5.41. The Balaban J connectivity index is 2.60. The van der Waals surface area contributed by atoms with E-state index in [9.17, 15) is 13.2 Å². The van der Waals surface area contributed by atoms with E-state index in [-0.39, 0.29) is 16.5 Å². The third-order valence-electron chi connectivity index (χ3n) is 2.18. The zero-order valence-electron chi connectivity index (χ0n) is 9.57. The first-order valence-electron chi connectivity index (χ1n) is 5.03. The highest BCUT2D eigenvalue weighted by Crippen LogP contribution is 2.31. The predicted molar refractivity (Wildman–Crippen MR) is 61.8 cm³/mol. The van der Waals surface area contributed by atoms with Gasteiger partial charge in [-0.25, -0.2) is 9.97 Å². The molecule has 0 N–H and O–H groups in total. The molecule has 0 unspecified atom stereocenters. The summed E-state index contributed by atoms with van der Waals surface area (Å²) in [4.78, 5) is 10.5. The van der Waals surface area contributed by atoms with Crippen molar-refractivity contribution in [2.45, 2.75) is 6.18 Å². The van der Waals surface area contributed by atoms with Gasteiger partial charge in [-0.05, 0) is 12.1 Å². The topological polar surface area (TPSA) is 47.9 Å². The van der Waals surface area contributed by atoms with Gasteiger partial charge in [0.1, 0.15) is 16.6 Å². The van der Waals surface area contributed by atoms with Gasteiger partial charge >= 0.3 is 6.18 Å². The number of hydrogen-bond donors (Lipinski definition) is 0. The van der Waals surface area contributed by atoms with E-state index in [1.165, 1.54) is 19.4 Å². The summed E-state index contributed by atoms with van der Waals surface area (Å²) in [5.74, 6) is -1.02. The molecule has 0 aliphatic carbocycles. The molecule has 0 atom stereocenters. The SMILES string of the molecule is COc1cccnc1-c1cc(Cl)nc(C(F)(F)F)n1. The van der Waals surface area contributed by atoms with Crippen LogP contribution in [0, 0.1) is 0 Å². The Bertz CT molecular complexity index is 604. The average molecular weight is 290 g/mol. The summed E-state index contributed by atoms with van der Waals surface area (Å²) < 4.78 is 42.9. The number of hydrogen-bond acceptors (Lipinski definition) is 4. The molecule has 0 saturated heterocycles. The van der Waals surface area contributed by atoms with Crippen LogP contribution in [-0.4, -0.2) is 22.1 Å². The minimum absolute atomic E-state index is 0.0511. The van der Waals surface area contributed by atoms with Gasteiger partial charge in [0.25, 0.3) is 0 Å². The second-order valence-electron chi connectivity index (χ2n) is 3.45. The zero-order chi connectivity index (χ0) is 14.0. The van der Waals surface area contributed by atoms with Crippen molar-refractivity contribution >= 4 is 11.6 Å². The molecule has 2 aromatic rings. The normalized spacial score (nSPS) is 11.4. The van der Waals surface area contributed by atoms with Crippen LogP contribution in [0.5, 0.6) is 5.75 Å². The molecule has 0 aliphatic rings. The molecule has 0 amide bonds. The molecule has 8 heteroatoms. The van der Waals surface area contributed by atoms with Crippen LogP contribution in [0.25, 0.3) is 11.4 Å². The Morgan fingerprint density at radius 2 is 2.00 bits per heavy atom. The predicted octanol–water partition coefficient (Wildman–Crippen LogP) is 3.22. The quantitative estimate of drug-likeness (QED) is 0.797. The van der Waals surface area contributed by atoms with Crippen molar-refractivity contribution in [1.82, 2.24) is 15.0 Å². The fourth-order valence-corrected chi connectivity index (χ4v) is 1.60. The van der Waals surface area contributed by atoms with E-state index in [2.05, 4.69) is 15.0 Å². The number of nitrogens with zero attached hydrogens (tertiary/aromatic N) is 3. The molecule has 19 heavy (non-hydrogen) atoms. The van der Waals surface area contributed by atoms with Gasteiger partial charge in [0.2, 0.25) is 5.82 Å². The van der Waals surface area contributed by atoms with Crippen LogP contribution < -0.4 is 4.74 Å². The fourth-order valence-electron chi connectivity index (χ4n) is 1.41. The smallest absolute Gasteiger partial charge is 0.451 e. The summed E-state index contributed by atoms with van der Waals surface area (Å²) in [6.45, 7) is 0. The van der Waals surface area contributed by atoms with Crippen molar-refractivity contribution in [3.8, 4) is 17.1 Å². The van der Waals surface area contributed by atoms with Gasteiger partial charge in [-0.15, -0.1) is 0 Å². The van der Waals surface area contributed by atoms with E-state index in [0.717, 1.165) is 0 Å². The molecule has 2 aromatic heterocycles. The van der Waals surface area contributed by atoms with Gasteiger partial charge < -0.3 is 4.74 Å². The lowest BCUT2D eigenvalue weighted by Crippen LogP contribution is -2.12. The molecule has 0 saturated carbocycles. The number of alkyl halides is 3. The van der Waals surface area contributed by atoms with E-state index in [4.69, 9.17) is 16.3 Å². The van der Waals surface area contributed by atoms with Crippen LogP contribution in [0.3, 0.4) is 0 Å². The molecule has 2 rings (SSSR count). The van der Waals surface area contributed by atoms with Gasteiger partial charge in [-0.3, -0.25) is 4.98 Å². The van der Waals surface area contributed by atoms with Crippen LogP contribution in [0.4, 0.5) is 13.2 Å². The third-order valence-corrected chi connectivity index (χ3v) is 2.38. The number of aromatic nitrogens is 3. The molecule has 0 aromatic carbocycles. The van der Waals surface area contributed by atoms with E-state index in [1.54, 1.807) is 12.1 Å². The summed E-state index contributed by atoms with van der Waals surface area (Å²) in [6, 6.07) is 4.35. The van der Waals surface area contributed by atoms with E-state index >= 15 is 0 Å². The summed E-state index contributed by atoms with van der Waals surface area (Å²) in [5, 5.41) is -0.315. The number of rotatable bonds is 2. The van der Waals surface area contributed by atoms with Crippen molar-refractivity contribution < 1.29 is 17.9 Å². The summed E-state index contributed by atoms with van der Waals surface area (Å²) in [5.41, 5.74) is 0.115. The number of ether oxygens (including phenoxy) is 1. The second kappa shape index (κ2) is 5.00. The van der Waals surface area contributed by atoms with Crippen LogP contribution in [0.2, 0.25) is 5.15 Å². The maximum atomic E-state index is 12.6. The van der Waals surface area contributed by atoms with Gasteiger partial charge in [-0.2, -0.15) is 13.2 Å². The highest BCUT2D eigenvalue weighted by molar-refractivity contribution is 6.29. The molecule has 0 radical (unpaired) electrons.